The topological polar surface area (TPSA) is 128 Å². The summed E-state index contributed by atoms with van der Waals surface area (Å²) in [7, 11) is -1.60. The lowest BCUT2D eigenvalue weighted by atomic mass is 10.1. The predicted molar refractivity (Wildman–Crippen MR) is 142 cm³/mol. The van der Waals surface area contributed by atoms with Crippen molar-refractivity contribution in [1.82, 2.24) is 15.5 Å². The van der Waals surface area contributed by atoms with Crippen molar-refractivity contribution in [2.24, 2.45) is 4.99 Å². The lowest BCUT2D eigenvalue weighted by Gasteiger charge is -2.17. The maximum absolute atomic E-state index is 12.3. The Morgan fingerprint density at radius 2 is 1.79 bits per heavy atom. The summed E-state index contributed by atoms with van der Waals surface area (Å²) in [5.41, 5.74) is 2.80. The molecule has 0 unspecified atom stereocenters. The summed E-state index contributed by atoms with van der Waals surface area (Å²) in [4.78, 5) is 27.3. The van der Waals surface area contributed by atoms with Gasteiger partial charge in [0.25, 0.3) is 0 Å². The molecule has 3 rings (SSSR count). The molecular formula is C25H30ClF3N4O5S. The van der Waals surface area contributed by atoms with Crippen LogP contribution < -0.4 is 10.6 Å². The number of carbonyl (C=O) groups is 2. The third-order valence-electron chi connectivity index (χ3n) is 5.48. The molecule has 0 atom stereocenters. The van der Waals surface area contributed by atoms with Gasteiger partial charge < -0.3 is 20.6 Å². The lowest BCUT2D eigenvalue weighted by molar-refractivity contribution is -0.192. The number of aliphatic carboxylic acids is 1. The summed E-state index contributed by atoms with van der Waals surface area (Å²) in [5.74, 6) is -2.17. The number of amidine groups is 1. The number of nitrogens with zero attached hydrogens (tertiary/aromatic N) is 2. The zero-order chi connectivity index (χ0) is 29.1. The van der Waals surface area contributed by atoms with Crippen molar-refractivity contribution in [2.45, 2.75) is 24.8 Å². The largest absolute Gasteiger partial charge is 0.490 e. The van der Waals surface area contributed by atoms with Crippen molar-refractivity contribution in [3.63, 3.8) is 0 Å². The number of hydrogen-bond acceptors (Lipinski definition) is 7. The summed E-state index contributed by atoms with van der Waals surface area (Å²) in [6, 6.07) is 15.1. The Hall–Kier alpha value is -3.16. The van der Waals surface area contributed by atoms with Gasteiger partial charge in [-0.15, -0.1) is 0 Å². The number of sulfone groups is 1. The van der Waals surface area contributed by atoms with E-state index in [4.69, 9.17) is 21.5 Å². The molecule has 0 aromatic heterocycles. The number of carbonyl (C=O) groups excluding carboxylic acids is 1. The van der Waals surface area contributed by atoms with Crippen molar-refractivity contribution in [1.29, 1.82) is 0 Å². The Morgan fingerprint density at radius 1 is 1.15 bits per heavy atom. The lowest BCUT2D eigenvalue weighted by Crippen LogP contribution is -2.33. The molecule has 0 spiro atoms. The van der Waals surface area contributed by atoms with Crippen LogP contribution in [0.5, 0.6) is 0 Å². The SMILES string of the molecule is CN(CCc1ccc(C2=NCCN2)cc1)C(=O)CCNCS(=O)(=O)Cc1ccccc1Cl.O=C(O)C(F)(F)F. The van der Waals surface area contributed by atoms with E-state index in [9.17, 15) is 26.4 Å². The Balaban J connectivity index is 0.000000673. The van der Waals surface area contributed by atoms with Crippen LogP contribution >= 0.6 is 11.6 Å². The number of carboxylic acids is 1. The summed E-state index contributed by atoms with van der Waals surface area (Å²) >= 11 is 6.04. The van der Waals surface area contributed by atoms with Crippen LogP contribution in [0.25, 0.3) is 0 Å². The molecule has 0 radical (unpaired) electrons. The molecule has 9 nitrogen and oxygen atoms in total. The second-order valence-corrected chi connectivity index (χ2v) is 11.1. The van der Waals surface area contributed by atoms with Gasteiger partial charge in [-0.05, 0) is 23.6 Å². The molecule has 1 aliphatic heterocycles. The molecule has 1 heterocycles. The van der Waals surface area contributed by atoms with E-state index < -0.39 is 22.0 Å². The number of rotatable bonds is 11. The number of carboxylic acid groups (broad SMARTS) is 1. The number of aliphatic imine (C=N–C) groups is 1. The molecule has 0 saturated heterocycles. The Kier molecular flexibility index (Phi) is 12.2. The first-order valence-electron chi connectivity index (χ1n) is 11.8. The average Bonchev–Trinajstić information content (AvgIpc) is 3.41. The van der Waals surface area contributed by atoms with Crippen molar-refractivity contribution in [2.75, 3.05) is 39.1 Å². The van der Waals surface area contributed by atoms with Gasteiger partial charge in [0.2, 0.25) is 5.91 Å². The van der Waals surface area contributed by atoms with E-state index in [1.54, 1.807) is 36.2 Å². The quantitative estimate of drug-likeness (QED) is 0.343. The molecule has 14 heteroatoms. The van der Waals surface area contributed by atoms with Crippen LogP contribution in [-0.2, 0) is 31.6 Å². The highest BCUT2D eigenvalue weighted by atomic mass is 35.5. The van der Waals surface area contributed by atoms with Gasteiger partial charge in [-0.2, -0.15) is 13.2 Å². The number of alkyl halides is 3. The Morgan fingerprint density at radius 3 is 2.36 bits per heavy atom. The molecule has 214 valence electrons. The fourth-order valence-electron chi connectivity index (χ4n) is 3.36. The molecule has 0 fully saturated rings. The number of halogens is 4. The second-order valence-electron chi connectivity index (χ2n) is 8.60. The Bertz CT molecular complexity index is 1260. The molecule has 0 bridgehead atoms. The third kappa shape index (κ3) is 11.6. The minimum absolute atomic E-state index is 0.0258. The van der Waals surface area contributed by atoms with E-state index in [1.807, 2.05) is 12.1 Å². The molecule has 39 heavy (non-hydrogen) atoms. The molecule has 0 saturated carbocycles. The van der Waals surface area contributed by atoms with Crippen LogP contribution in [0.1, 0.15) is 23.1 Å². The maximum atomic E-state index is 12.3. The van der Waals surface area contributed by atoms with Gasteiger partial charge in [0.05, 0.1) is 18.2 Å². The van der Waals surface area contributed by atoms with Gasteiger partial charge in [0.1, 0.15) is 5.84 Å². The van der Waals surface area contributed by atoms with Crippen LogP contribution in [0.3, 0.4) is 0 Å². The average molecular weight is 591 g/mol. The highest BCUT2D eigenvalue weighted by Gasteiger charge is 2.38. The summed E-state index contributed by atoms with van der Waals surface area (Å²) < 4.78 is 56.3. The third-order valence-corrected chi connectivity index (χ3v) is 7.24. The highest BCUT2D eigenvalue weighted by Crippen LogP contribution is 2.17. The van der Waals surface area contributed by atoms with Gasteiger partial charge in [0.15, 0.2) is 9.84 Å². The molecule has 1 amide bonds. The van der Waals surface area contributed by atoms with Gasteiger partial charge in [-0.1, -0.05) is 54.1 Å². The number of likely N-dealkylation sites (N-methyl/N-ethyl adjacent to an activating group) is 1. The zero-order valence-corrected chi connectivity index (χ0v) is 22.7. The predicted octanol–water partition coefficient (Wildman–Crippen LogP) is 2.88. The molecule has 2 aromatic rings. The van der Waals surface area contributed by atoms with E-state index in [-0.39, 0.29) is 24.0 Å². The number of benzene rings is 2. The van der Waals surface area contributed by atoms with E-state index in [2.05, 4.69) is 27.8 Å². The Labute approximate surface area is 230 Å². The minimum Gasteiger partial charge on any atom is -0.475 e. The molecular weight excluding hydrogens is 561 g/mol. The summed E-state index contributed by atoms with van der Waals surface area (Å²) in [5, 5.41) is 13.7. The van der Waals surface area contributed by atoms with Crippen LogP contribution in [0, 0.1) is 0 Å². The van der Waals surface area contributed by atoms with Crippen LogP contribution in [0.4, 0.5) is 13.2 Å². The first kappa shape index (κ1) is 32.1. The zero-order valence-electron chi connectivity index (χ0n) is 21.2. The van der Waals surface area contributed by atoms with Crippen LogP contribution in [0.2, 0.25) is 5.02 Å². The van der Waals surface area contributed by atoms with Gasteiger partial charge >= 0.3 is 12.1 Å². The van der Waals surface area contributed by atoms with Gasteiger partial charge in [0, 0.05) is 43.7 Å². The monoisotopic (exact) mass is 590 g/mol. The molecule has 0 aliphatic carbocycles. The van der Waals surface area contributed by atoms with E-state index >= 15 is 0 Å². The number of hydrogen-bond donors (Lipinski definition) is 3. The van der Waals surface area contributed by atoms with Crippen molar-refractivity contribution >= 4 is 39.2 Å². The highest BCUT2D eigenvalue weighted by molar-refractivity contribution is 7.90. The van der Waals surface area contributed by atoms with Crippen molar-refractivity contribution < 1.29 is 36.3 Å². The first-order valence-corrected chi connectivity index (χ1v) is 14.0. The first-order chi connectivity index (χ1) is 18.3. The fourth-order valence-corrected chi connectivity index (χ4v) is 4.92. The van der Waals surface area contributed by atoms with E-state index in [0.29, 0.717) is 23.7 Å². The molecule has 1 aliphatic rings. The summed E-state index contributed by atoms with van der Waals surface area (Å²) in [6.07, 6.45) is -4.09. The van der Waals surface area contributed by atoms with E-state index in [0.717, 1.165) is 36.5 Å². The van der Waals surface area contributed by atoms with Crippen LogP contribution in [0.15, 0.2) is 53.5 Å². The van der Waals surface area contributed by atoms with Gasteiger partial charge in [-0.3, -0.25) is 9.79 Å². The van der Waals surface area contributed by atoms with Crippen molar-refractivity contribution in [3.05, 3.63) is 70.2 Å². The number of nitrogens with one attached hydrogen (secondary N) is 2. The molecule has 3 N–H and O–H groups in total. The number of amides is 1. The van der Waals surface area contributed by atoms with E-state index in [1.165, 1.54) is 0 Å². The fraction of sp³-hybridized carbons (Fsp3) is 0.400. The minimum atomic E-state index is -5.08. The van der Waals surface area contributed by atoms with Crippen LogP contribution in [-0.4, -0.2) is 81.4 Å². The summed E-state index contributed by atoms with van der Waals surface area (Å²) in [6.45, 7) is 2.59. The smallest absolute Gasteiger partial charge is 0.475 e. The second kappa shape index (κ2) is 14.8. The molecule has 2 aromatic carbocycles. The normalized spacial score (nSPS) is 13.1. The van der Waals surface area contributed by atoms with Gasteiger partial charge in [-0.25, -0.2) is 13.2 Å². The van der Waals surface area contributed by atoms with Crippen molar-refractivity contribution in [3.8, 4) is 0 Å². The maximum Gasteiger partial charge on any atom is 0.490 e. The standard InChI is InChI=1S/C23H29ClN4O3S.C2HF3O2/c1-28(15-11-18-6-8-19(9-7-18)23-26-13-14-27-23)22(29)10-12-25-17-32(30,31)16-20-4-2-3-5-21(20)24;3-2(4,5)1(6)7/h2-9,25H,10-17H2,1H3,(H,26,27);(H,6,7).